The predicted molar refractivity (Wildman–Crippen MR) is 210 cm³/mol. The fraction of sp³-hybridized carbons (Fsp3) is 0.234. The van der Waals surface area contributed by atoms with Gasteiger partial charge in [0.15, 0.2) is 0 Å². The van der Waals surface area contributed by atoms with Gasteiger partial charge in [0.2, 0.25) is 0 Å². The van der Waals surface area contributed by atoms with E-state index in [0.29, 0.717) is 42.0 Å². The standard InChI is InChI=1S/C47H42N4/c1-4-13-37-32(5-2)30-50(43-19-9-7-17-39(37)43)46-27-42(35(28-48)26-36(46)29-49)34-15-12-14-33(25-34)38-16-6-10-20-44(38)51-45-21-11-8-18-40(45)41-23-22-31(3)24-47(41)51/h4-23,25-27,31,36,40-41,45-47H,2,24,30H2,1,3H3/b13-4-. The molecule has 3 aromatic carbocycles. The van der Waals surface area contributed by atoms with Crippen LogP contribution in [0.25, 0.3) is 22.3 Å². The van der Waals surface area contributed by atoms with Gasteiger partial charge in [-0.2, -0.15) is 10.5 Å². The number of nitrogens with zero attached hydrogens (tertiary/aromatic N) is 4. The molecule has 51 heavy (non-hydrogen) atoms. The molecule has 0 aromatic heterocycles. The minimum absolute atomic E-state index is 0.271. The van der Waals surface area contributed by atoms with Crippen molar-refractivity contribution in [2.75, 3.05) is 16.3 Å². The Morgan fingerprint density at radius 3 is 2.35 bits per heavy atom. The Kier molecular flexibility index (Phi) is 8.55. The van der Waals surface area contributed by atoms with Crippen LogP contribution in [-0.2, 0) is 0 Å². The molecule has 4 nitrogen and oxygen atoms in total. The second kappa shape index (κ2) is 13.5. The molecular formula is C47H42N4. The lowest BCUT2D eigenvalue weighted by atomic mass is 9.78. The minimum Gasteiger partial charge on any atom is -0.360 e. The maximum absolute atomic E-state index is 10.5. The van der Waals surface area contributed by atoms with Gasteiger partial charge < -0.3 is 9.80 Å². The molecule has 5 aliphatic rings. The summed E-state index contributed by atoms with van der Waals surface area (Å²) in [7, 11) is 0. The molecular weight excluding hydrogens is 621 g/mol. The van der Waals surface area contributed by atoms with Gasteiger partial charge in [-0.25, -0.2) is 0 Å². The van der Waals surface area contributed by atoms with E-state index in [4.69, 9.17) is 0 Å². The summed E-state index contributed by atoms with van der Waals surface area (Å²) in [6, 6.07) is 31.2. The lowest BCUT2D eigenvalue weighted by molar-refractivity contribution is 0.413. The van der Waals surface area contributed by atoms with E-state index in [1.165, 1.54) is 11.3 Å². The molecule has 2 heterocycles. The average molecular weight is 663 g/mol. The number of anilines is 2. The zero-order valence-electron chi connectivity index (χ0n) is 29.2. The molecule has 0 saturated carbocycles. The summed E-state index contributed by atoms with van der Waals surface area (Å²) in [5.41, 5.74) is 10.4. The van der Waals surface area contributed by atoms with Crippen molar-refractivity contribution < 1.29 is 0 Å². The van der Waals surface area contributed by atoms with Crippen LogP contribution in [0.15, 0.2) is 157 Å². The molecule has 7 unspecified atom stereocenters. The number of hydrogen-bond acceptors (Lipinski definition) is 4. The van der Waals surface area contributed by atoms with Gasteiger partial charge in [0.1, 0.15) is 0 Å². The van der Waals surface area contributed by atoms with Crippen molar-refractivity contribution in [1.29, 1.82) is 10.5 Å². The summed E-state index contributed by atoms with van der Waals surface area (Å²) in [6.45, 7) is 9.13. The molecule has 3 aliphatic carbocycles. The van der Waals surface area contributed by atoms with E-state index < -0.39 is 5.92 Å². The van der Waals surface area contributed by atoms with Gasteiger partial charge in [-0.3, -0.25) is 0 Å². The Labute approximate surface area is 302 Å². The van der Waals surface area contributed by atoms with Crippen LogP contribution in [0.1, 0.15) is 31.4 Å². The first kappa shape index (κ1) is 32.4. The maximum Gasteiger partial charge on any atom is 0.0995 e. The molecule has 8 rings (SSSR count). The van der Waals surface area contributed by atoms with Crippen molar-refractivity contribution >= 4 is 22.5 Å². The van der Waals surface area contributed by atoms with Gasteiger partial charge >= 0.3 is 0 Å². The zero-order chi connectivity index (χ0) is 35.1. The third-order valence-electron chi connectivity index (χ3n) is 11.4. The van der Waals surface area contributed by atoms with Crippen LogP contribution >= 0.6 is 0 Å². The van der Waals surface area contributed by atoms with Crippen LogP contribution in [0.4, 0.5) is 11.4 Å². The lowest BCUT2D eigenvalue weighted by Gasteiger charge is -2.40. The van der Waals surface area contributed by atoms with E-state index in [0.717, 1.165) is 45.5 Å². The topological polar surface area (TPSA) is 54.1 Å². The van der Waals surface area contributed by atoms with Gasteiger partial charge in [-0.05, 0) is 71.4 Å². The van der Waals surface area contributed by atoms with Gasteiger partial charge in [0.25, 0.3) is 0 Å². The van der Waals surface area contributed by atoms with Gasteiger partial charge in [0.05, 0.1) is 35.7 Å². The number of rotatable bonds is 6. The van der Waals surface area contributed by atoms with E-state index in [-0.39, 0.29) is 6.04 Å². The Balaban J connectivity index is 1.21. The number of para-hydroxylation sites is 2. The fourth-order valence-corrected chi connectivity index (χ4v) is 9.11. The summed E-state index contributed by atoms with van der Waals surface area (Å²) in [6.07, 6.45) is 25.4. The Morgan fingerprint density at radius 1 is 0.804 bits per heavy atom. The monoisotopic (exact) mass is 662 g/mol. The summed E-state index contributed by atoms with van der Waals surface area (Å²) in [4.78, 5) is 4.99. The first-order valence-corrected chi connectivity index (χ1v) is 18.1. The Bertz CT molecular complexity index is 2190. The SMILES string of the molecule is C=CC1=C(/C=C\C)c2ccccc2N(C2C=C(c3cccc(-c4ccccc4N4C5C=CC=CC5C5C=CC(C)CC54)c3)C(C#N)=CC2C#N)C1. The molecule has 4 heteroatoms. The van der Waals surface area contributed by atoms with E-state index in [1.807, 2.05) is 19.1 Å². The normalized spacial score (nSPS) is 27.6. The largest absolute Gasteiger partial charge is 0.360 e. The minimum atomic E-state index is -0.490. The number of nitriles is 2. The number of fused-ring (bicyclic) bond motifs is 4. The van der Waals surface area contributed by atoms with Crippen molar-refractivity contribution in [3.8, 4) is 23.3 Å². The highest BCUT2D eigenvalue weighted by Crippen LogP contribution is 2.49. The third-order valence-corrected chi connectivity index (χ3v) is 11.4. The third kappa shape index (κ3) is 5.53. The second-order valence-electron chi connectivity index (χ2n) is 14.3. The molecule has 2 aliphatic heterocycles. The predicted octanol–water partition coefficient (Wildman–Crippen LogP) is 10.3. The summed E-state index contributed by atoms with van der Waals surface area (Å²) in [5, 5.41) is 20.9. The number of hydrogen-bond donors (Lipinski definition) is 0. The van der Waals surface area contributed by atoms with Crippen molar-refractivity contribution in [2.45, 2.75) is 38.4 Å². The molecule has 1 fully saturated rings. The molecule has 3 aromatic rings. The van der Waals surface area contributed by atoms with E-state index in [2.05, 4.69) is 163 Å². The Hall–Kier alpha value is -5.84. The maximum atomic E-state index is 10.5. The molecule has 0 amide bonds. The van der Waals surface area contributed by atoms with Gasteiger partial charge in [-0.1, -0.05) is 129 Å². The van der Waals surface area contributed by atoms with Crippen molar-refractivity contribution in [1.82, 2.24) is 0 Å². The van der Waals surface area contributed by atoms with Crippen LogP contribution < -0.4 is 9.80 Å². The highest BCUT2D eigenvalue weighted by atomic mass is 15.2. The molecule has 1 saturated heterocycles. The summed E-state index contributed by atoms with van der Waals surface area (Å²) < 4.78 is 0. The lowest BCUT2D eigenvalue weighted by Crippen LogP contribution is -2.43. The molecule has 0 spiro atoms. The highest BCUT2D eigenvalue weighted by molar-refractivity contribution is 5.91. The van der Waals surface area contributed by atoms with Crippen LogP contribution in [0, 0.1) is 46.3 Å². The van der Waals surface area contributed by atoms with Crippen LogP contribution in [0.2, 0.25) is 0 Å². The molecule has 0 radical (unpaired) electrons. The molecule has 0 N–H and O–H groups in total. The van der Waals surface area contributed by atoms with Crippen LogP contribution in [0.5, 0.6) is 0 Å². The van der Waals surface area contributed by atoms with Crippen molar-refractivity contribution in [3.63, 3.8) is 0 Å². The van der Waals surface area contributed by atoms with E-state index >= 15 is 0 Å². The van der Waals surface area contributed by atoms with Crippen molar-refractivity contribution in [2.24, 2.45) is 23.7 Å². The first-order chi connectivity index (χ1) is 25.0. The Morgan fingerprint density at radius 2 is 1.57 bits per heavy atom. The summed E-state index contributed by atoms with van der Waals surface area (Å²) in [5.74, 6) is 0.985. The van der Waals surface area contributed by atoms with E-state index in [9.17, 15) is 10.5 Å². The first-order valence-electron chi connectivity index (χ1n) is 18.1. The second-order valence-corrected chi connectivity index (χ2v) is 14.3. The molecule has 7 atom stereocenters. The zero-order valence-corrected chi connectivity index (χ0v) is 29.2. The molecule has 250 valence electrons. The van der Waals surface area contributed by atoms with Gasteiger partial charge in [0, 0.05) is 46.9 Å². The quantitative estimate of drug-likeness (QED) is 0.247. The highest BCUT2D eigenvalue weighted by Gasteiger charge is 2.48. The molecule has 0 bridgehead atoms. The average Bonchev–Trinajstić information content (AvgIpc) is 3.50. The number of benzene rings is 3. The fourth-order valence-electron chi connectivity index (χ4n) is 9.11. The summed E-state index contributed by atoms with van der Waals surface area (Å²) >= 11 is 0. The van der Waals surface area contributed by atoms with Crippen LogP contribution in [0.3, 0.4) is 0 Å². The van der Waals surface area contributed by atoms with Crippen molar-refractivity contribution in [3.05, 3.63) is 168 Å². The van der Waals surface area contributed by atoms with E-state index in [1.54, 1.807) is 0 Å². The van der Waals surface area contributed by atoms with Gasteiger partial charge in [-0.15, -0.1) is 0 Å². The van der Waals surface area contributed by atoms with Crippen LogP contribution in [-0.4, -0.2) is 24.7 Å². The number of allylic oxidation sites excluding steroid dienone is 8. The smallest absolute Gasteiger partial charge is 0.0995 e.